The summed E-state index contributed by atoms with van der Waals surface area (Å²) in [5.74, 6) is 0. The van der Waals surface area contributed by atoms with E-state index in [1.807, 2.05) is 26.1 Å². The molecule has 1 heterocycles. The second-order valence-corrected chi connectivity index (χ2v) is 7.99. The minimum Gasteiger partial charge on any atom is -0.346 e. The summed E-state index contributed by atoms with van der Waals surface area (Å²) < 4.78 is 29.0. The zero-order valence-corrected chi connectivity index (χ0v) is 13.7. The minimum atomic E-state index is -3.35. The largest absolute Gasteiger partial charge is 0.346 e. The minimum absolute atomic E-state index is 0.450. The van der Waals surface area contributed by atoms with Gasteiger partial charge in [-0.05, 0) is 31.7 Å². The van der Waals surface area contributed by atoms with E-state index in [4.69, 9.17) is 0 Å². The number of hydrogen-bond acceptors (Lipinski definition) is 3. The van der Waals surface area contributed by atoms with Crippen molar-refractivity contribution in [2.24, 2.45) is 0 Å². The predicted molar refractivity (Wildman–Crippen MR) is 82.7 cm³/mol. The van der Waals surface area contributed by atoms with Crippen LogP contribution < -0.4 is 5.32 Å². The Hall–Kier alpha value is -0.850. The number of hydrogen-bond donors (Lipinski definition) is 1. The average molecular weight is 311 g/mol. The zero-order chi connectivity index (χ0) is 15.0. The molecule has 0 bridgehead atoms. The maximum Gasteiger partial charge on any atom is 0.244 e. The van der Waals surface area contributed by atoms with E-state index in [1.54, 1.807) is 0 Å². The highest BCUT2D eigenvalue weighted by Gasteiger charge is 2.30. The number of nitrogens with one attached hydrogen (secondary N) is 1. The fourth-order valence-corrected chi connectivity index (χ4v) is 4.23. The molecule has 0 amide bonds. The van der Waals surface area contributed by atoms with Gasteiger partial charge in [0.05, 0.1) is 0 Å². The van der Waals surface area contributed by atoms with Crippen LogP contribution in [-0.2, 0) is 16.6 Å². The summed E-state index contributed by atoms with van der Waals surface area (Å²) in [6.45, 7) is 5.57. The normalized spacial score (nSPS) is 19.4. The SMILES string of the molecule is CCN(CC)S(=O)(=O)c1cc(CNC2CC2)n(C2CC2)c1. The van der Waals surface area contributed by atoms with E-state index < -0.39 is 10.0 Å². The molecule has 0 spiro atoms. The maximum atomic E-state index is 12.6. The van der Waals surface area contributed by atoms with Gasteiger partial charge in [-0.3, -0.25) is 0 Å². The van der Waals surface area contributed by atoms with Gasteiger partial charge in [-0.1, -0.05) is 13.8 Å². The Kier molecular flexibility index (Phi) is 4.12. The molecule has 2 fully saturated rings. The molecule has 1 N–H and O–H groups in total. The van der Waals surface area contributed by atoms with Gasteiger partial charge in [0.25, 0.3) is 0 Å². The quantitative estimate of drug-likeness (QED) is 0.800. The van der Waals surface area contributed by atoms with Gasteiger partial charge >= 0.3 is 0 Å². The summed E-state index contributed by atoms with van der Waals surface area (Å²) in [7, 11) is -3.35. The molecular formula is C15H25N3O2S. The van der Waals surface area contributed by atoms with Gasteiger partial charge in [0.2, 0.25) is 10.0 Å². The molecule has 2 aliphatic rings. The van der Waals surface area contributed by atoms with Crippen molar-refractivity contribution < 1.29 is 8.42 Å². The van der Waals surface area contributed by atoms with E-state index in [2.05, 4.69) is 9.88 Å². The van der Waals surface area contributed by atoms with Crippen LogP contribution in [0.1, 0.15) is 51.3 Å². The lowest BCUT2D eigenvalue weighted by atomic mass is 10.4. The molecule has 0 radical (unpaired) electrons. The summed E-state index contributed by atoms with van der Waals surface area (Å²) in [4.78, 5) is 0.450. The lowest BCUT2D eigenvalue weighted by molar-refractivity contribution is 0.445. The van der Waals surface area contributed by atoms with Crippen LogP contribution in [0.15, 0.2) is 17.2 Å². The van der Waals surface area contributed by atoms with Gasteiger partial charge in [0.15, 0.2) is 0 Å². The summed E-state index contributed by atoms with van der Waals surface area (Å²) in [6, 6.07) is 3.00. The molecule has 1 aromatic heterocycles. The summed E-state index contributed by atoms with van der Waals surface area (Å²) in [6.07, 6.45) is 6.66. The smallest absolute Gasteiger partial charge is 0.244 e. The molecule has 2 saturated carbocycles. The first-order valence-electron chi connectivity index (χ1n) is 8.00. The first-order valence-corrected chi connectivity index (χ1v) is 9.44. The Morgan fingerprint density at radius 3 is 2.43 bits per heavy atom. The van der Waals surface area contributed by atoms with Crippen LogP contribution in [0.2, 0.25) is 0 Å². The standard InChI is InChI=1S/C15H25N3O2S/c1-3-17(4-2)21(19,20)15-9-14(10-16-12-5-6-12)18(11-15)13-7-8-13/h9,11-13,16H,3-8,10H2,1-2H3. The zero-order valence-electron chi connectivity index (χ0n) is 12.9. The lowest BCUT2D eigenvalue weighted by Gasteiger charge is -2.17. The van der Waals surface area contributed by atoms with E-state index in [1.165, 1.54) is 17.1 Å². The van der Waals surface area contributed by atoms with Gasteiger partial charge in [-0.25, -0.2) is 8.42 Å². The van der Waals surface area contributed by atoms with Crippen LogP contribution in [0.3, 0.4) is 0 Å². The molecule has 0 unspecified atom stereocenters. The van der Waals surface area contributed by atoms with Gasteiger partial charge < -0.3 is 9.88 Å². The van der Waals surface area contributed by atoms with E-state index in [0.717, 1.165) is 25.1 Å². The highest BCUT2D eigenvalue weighted by molar-refractivity contribution is 7.89. The molecule has 6 heteroatoms. The third kappa shape index (κ3) is 3.17. The van der Waals surface area contributed by atoms with Crippen LogP contribution in [0.25, 0.3) is 0 Å². The molecular weight excluding hydrogens is 286 g/mol. The van der Waals surface area contributed by atoms with E-state index in [-0.39, 0.29) is 0 Å². The molecule has 2 aliphatic carbocycles. The van der Waals surface area contributed by atoms with Crippen molar-refractivity contribution in [3.8, 4) is 0 Å². The van der Waals surface area contributed by atoms with E-state index in [9.17, 15) is 8.42 Å². The first kappa shape index (κ1) is 15.1. The van der Waals surface area contributed by atoms with Crippen molar-refractivity contribution in [1.29, 1.82) is 0 Å². The third-order valence-electron chi connectivity index (χ3n) is 4.34. The molecule has 0 aliphatic heterocycles. The Morgan fingerprint density at radius 2 is 1.90 bits per heavy atom. The molecule has 3 rings (SSSR count). The second kappa shape index (κ2) is 5.74. The van der Waals surface area contributed by atoms with Crippen LogP contribution >= 0.6 is 0 Å². The van der Waals surface area contributed by atoms with Crippen LogP contribution in [0.5, 0.6) is 0 Å². The van der Waals surface area contributed by atoms with Crippen LogP contribution in [0.4, 0.5) is 0 Å². The van der Waals surface area contributed by atoms with Crippen LogP contribution in [0, 0.1) is 0 Å². The summed E-state index contributed by atoms with van der Waals surface area (Å²) in [5.41, 5.74) is 1.11. The summed E-state index contributed by atoms with van der Waals surface area (Å²) >= 11 is 0. The summed E-state index contributed by atoms with van der Waals surface area (Å²) in [5, 5.41) is 3.49. The fourth-order valence-electron chi connectivity index (χ4n) is 2.72. The highest BCUT2D eigenvalue weighted by Crippen LogP contribution is 2.37. The van der Waals surface area contributed by atoms with E-state index >= 15 is 0 Å². The van der Waals surface area contributed by atoms with Crippen LogP contribution in [-0.4, -0.2) is 36.4 Å². The monoisotopic (exact) mass is 311 g/mol. The molecule has 118 valence electrons. The number of sulfonamides is 1. The van der Waals surface area contributed by atoms with E-state index in [0.29, 0.717) is 30.1 Å². The van der Waals surface area contributed by atoms with Gasteiger partial charge in [-0.15, -0.1) is 0 Å². The first-order chi connectivity index (χ1) is 10.1. The third-order valence-corrected chi connectivity index (χ3v) is 6.35. The Labute approximate surface area is 127 Å². The molecule has 1 aromatic rings. The van der Waals surface area contributed by atoms with Gasteiger partial charge in [-0.2, -0.15) is 4.31 Å². The highest BCUT2D eigenvalue weighted by atomic mass is 32.2. The Balaban J connectivity index is 1.86. The Bertz CT molecular complexity index is 596. The second-order valence-electron chi connectivity index (χ2n) is 6.05. The average Bonchev–Trinajstić information content (AvgIpc) is 3.37. The van der Waals surface area contributed by atoms with Gasteiger partial charge in [0.1, 0.15) is 4.90 Å². The predicted octanol–water partition coefficient (Wildman–Crippen LogP) is 2.11. The van der Waals surface area contributed by atoms with Crippen molar-refractivity contribution in [2.75, 3.05) is 13.1 Å². The number of aromatic nitrogens is 1. The topological polar surface area (TPSA) is 54.3 Å². The molecule has 0 saturated heterocycles. The van der Waals surface area contributed by atoms with Crippen molar-refractivity contribution in [2.45, 2.75) is 63.1 Å². The Morgan fingerprint density at radius 1 is 1.24 bits per heavy atom. The maximum absolute atomic E-state index is 12.6. The fraction of sp³-hybridized carbons (Fsp3) is 0.733. The molecule has 5 nitrogen and oxygen atoms in total. The lowest BCUT2D eigenvalue weighted by Crippen LogP contribution is -2.30. The number of rotatable bonds is 8. The van der Waals surface area contributed by atoms with Crippen molar-refractivity contribution in [1.82, 2.24) is 14.2 Å². The molecule has 21 heavy (non-hydrogen) atoms. The molecule has 0 aromatic carbocycles. The van der Waals surface area contributed by atoms with Crippen molar-refractivity contribution in [3.05, 3.63) is 18.0 Å². The molecule has 0 atom stereocenters. The van der Waals surface area contributed by atoms with Crippen molar-refractivity contribution >= 4 is 10.0 Å². The van der Waals surface area contributed by atoms with Gasteiger partial charge in [0, 0.05) is 43.6 Å². The number of nitrogens with zero attached hydrogens (tertiary/aromatic N) is 2. The van der Waals surface area contributed by atoms with Crippen molar-refractivity contribution in [3.63, 3.8) is 0 Å².